The third-order valence-corrected chi connectivity index (χ3v) is 16.1. The van der Waals surface area contributed by atoms with Crippen LogP contribution < -0.4 is 10.2 Å². The molecule has 0 bridgehead atoms. The van der Waals surface area contributed by atoms with Crippen molar-refractivity contribution in [2.24, 2.45) is 0 Å². The first-order valence-corrected chi connectivity index (χ1v) is 35.7. The molecule has 9 nitrogen and oxygen atoms in total. The van der Waals surface area contributed by atoms with Crippen LogP contribution >= 0.6 is 7.82 Å². The Morgan fingerprint density at radius 2 is 0.753 bits per heavy atom. The highest BCUT2D eigenvalue weighted by molar-refractivity contribution is 7.45. The molecule has 0 aromatic carbocycles. The van der Waals surface area contributed by atoms with Gasteiger partial charge in [0.1, 0.15) is 19.3 Å². The summed E-state index contributed by atoms with van der Waals surface area (Å²) in [7, 11) is 1.18. The molecule has 1 amide bonds. The summed E-state index contributed by atoms with van der Waals surface area (Å²) in [5.74, 6) is -0.544. The van der Waals surface area contributed by atoms with E-state index in [1.807, 2.05) is 33.3 Å². The van der Waals surface area contributed by atoms with E-state index >= 15 is 0 Å². The number of carbonyl (C=O) groups is 2. The van der Waals surface area contributed by atoms with Crippen LogP contribution in [0.1, 0.15) is 316 Å². The van der Waals surface area contributed by atoms with Crippen LogP contribution in [0.2, 0.25) is 0 Å². The van der Waals surface area contributed by atoms with Crippen LogP contribution in [0.4, 0.5) is 0 Å². The van der Waals surface area contributed by atoms with Crippen molar-refractivity contribution in [1.29, 1.82) is 0 Å². The number of phosphoric acid groups is 1. The summed E-state index contributed by atoms with van der Waals surface area (Å²) < 4.78 is 30.4. The lowest BCUT2D eigenvalue weighted by Gasteiger charge is -2.30. The molecule has 1 N–H and O–H groups in total. The number of esters is 1. The first kappa shape index (κ1) is 78.5. The van der Waals surface area contributed by atoms with Crippen molar-refractivity contribution in [2.45, 2.75) is 328 Å². The van der Waals surface area contributed by atoms with Gasteiger partial charge in [-0.25, -0.2) is 0 Å². The van der Waals surface area contributed by atoms with E-state index < -0.39 is 26.6 Å². The number of unbranched alkanes of at least 4 members (excludes halogenated alkanes) is 36. The minimum atomic E-state index is -4.70. The Morgan fingerprint density at radius 1 is 0.432 bits per heavy atom. The Bertz CT molecular complexity index is 1620. The van der Waals surface area contributed by atoms with Crippen molar-refractivity contribution >= 4 is 19.7 Å². The normalized spacial score (nSPS) is 14.0. The summed E-state index contributed by atoms with van der Waals surface area (Å²) in [4.78, 5) is 40.1. The lowest BCUT2D eigenvalue weighted by atomic mass is 10.0. The van der Waals surface area contributed by atoms with Crippen molar-refractivity contribution in [3.8, 4) is 0 Å². The van der Waals surface area contributed by atoms with E-state index in [0.717, 1.165) is 89.9 Å². The molecule has 3 atom stereocenters. The zero-order chi connectivity index (χ0) is 59.3. The Kier molecular flexibility index (Phi) is 58.7. The van der Waals surface area contributed by atoms with Gasteiger partial charge in [0, 0.05) is 12.8 Å². The summed E-state index contributed by atoms with van der Waals surface area (Å²) in [5, 5.41) is 3.04. The SMILES string of the molecule is CCCCC/C=C\C/C=C\C/C=C\CCCCCCCCCCCCCCCCC(=O)NC(COP(=O)([O-])OCC[N+](C)(C)C)C(/C=C\CCCCCCCCCCC)OC(=O)CCCCCCCCC/C=C\C/C=C\CCCCC. The topological polar surface area (TPSA) is 114 Å². The highest BCUT2D eigenvalue weighted by Gasteiger charge is 2.27. The number of carbonyl (C=O) groups excluding carboxylic acids is 2. The molecule has 0 saturated heterocycles. The summed E-state index contributed by atoms with van der Waals surface area (Å²) in [5.41, 5.74) is 0. The van der Waals surface area contributed by atoms with E-state index in [1.165, 1.54) is 193 Å². The Balaban J connectivity index is 5.01. The van der Waals surface area contributed by atoms with Crippen molar-refractivity contribution in [3.63, 3.8) is 0 Å². The lowest BCUT2D eigenvalue weighted by molar-refractivity contribution is -0.870. The molecule has 3 unspecified atom stereocenters. The maximum atomic E-state index is 13.6. The van der Waals surface area contributed by atoms with Gasteiger partial charge >= 0.3 is 5.97 Å². The quantitative estimate of drug-likeness (QED) is 0.0212. The third kappa shape index (κ3) is 61.8. The van der Waals surface area contributed by atoms with Crippen molar-refractivity contribution < 1.29 is 37.3 Å². The zero-order valence-corrected chi connectivity index (χ0v) is 54.9. The second-order valence-corrected chi connectivity index (χ2v) is 25.7. The number of rotatable bonds is 62. The standard InChI is InChI=1S/C71H131N2O7P/c1-7-10-13-16-19-22-25-27-29-31-32-33-34-35-36-37-38-39-40-42-43-45-48-51-54-57-60-63-70(74)72-68(67-79-81(76,77)78-66-65-73(4,5)6)69(62-59-56-53-50-47-24-21-18-15-12-9-3)80-71(75)64-61-58-55-52-49-46-44-41-30-28-26-23-20-17-14-11-8-2/h19-20,22-23,27-30,32-33,59,62,68-69H,7-18,21,24-26,31,34-58,60-61,63-67H2,1-6H3,(H-,72,74,76,77)/b22-19-,23-20-,29-27-,30-28-,33-32-,62-59-. The molecular weight excluding hydrogens is 1020 g/mol. The predicted octanol–water partition coefficient (Wildman–Crippen LogP) is 20.9. The number of phosphoric ester groups is 1. The number of quaternary nitrogens is 1. The highest BCUT2D eigenvalue weighted by atomic mass is 31.2. The second kappa shape index (κ2) is 60.6. The predicted molar refractivity (Wildman–Crippen MR) is 348 cm³/mol. The fourth-order valence-corrected chi connectivity index (χ4v) is 10.5. The van der Waals surface area contributed by atoms with Crippen LogP contribution in [-0.2, 0) is 27.9 Å². The molecule has 81 heavy (non-hydrogen) atoms. The molecule has 0 aliphatic rings. The molecule has 0 saturated carbocycles. The van der Waals surface area contributed by atoms with Crippen LogP contribution in [0.3, 0.4) is 0 Å². The van der Waals surface area contributed by atoms with E-state index in [0.29, 0.717) is 17.4 Å². The van der Waals surface area contributed by atoms with E-state index in [9.17, 15) is 19.0 Å². The van der Waals surface area contributed by atoms with Crippen molar-refractivity contribution in [3.05, 3.63) is 72.9 Å². The minimum Gasteiger partial charge on any atom is -0.756 e. The molecule has 0 aliphatic carbocycles. The molecule has 0 fully saturated rings. The number of likely N-dealkylation sites (N-methyl/N-ethyl adjacent to an activating group) is 1. The minimum absolute atomic E-state index is 0.0249. The molecule has 0 aliphatic heterocycles. The first-order chi connectivity index (χ1) is 39.4. The molecule has 10 heteroatoms. The van der Waals surface area contributed by atoms with Gasteiger partial charge in [0.15, 0.2) is 0 Å². The van der Waals surface area contributed by atoms with Gasteiger partial charge in [0.2, 0.25) is 5.91 Å². The van der Waals surface area contributed by atoms with Gasteiger partial charge in [-0.2, -0.15) is 0 Å². The average Bonchev–Trinajstić information content (AvgIpc) is 3.43. The zero-order valence-electron chi connectivity index (χ0n) is 54.0. The number of hydrogen-bond donors (Lipinski definition) is 1. The first-order valence-electron chi connectivity index (χ1n) is 34.2. The van der Waals surface area contributed by atoms with Crippen LogP contribution in [0.15, 0.2) is 72.9 Å². The molecular formula is C71H131N2O7P. The summed E-state index contributed by atoms with van der Waals surface area (Å²) in [6.45, 7) is 6.80. The Labute approximate surface area is 502 Å². The van der Waals surface area contributed by atoms with E-state index in [4.69, 9.17) is 13.8 Å². The maximum absolute atomic E-state index is 13.6. The van der Waals surface area contributed by atoms with Crippen molar-refractivity contribution in [1.82, 2.24) is 5.32 Å². The summed E-state index contributed by atoms with van der Waals surface area (Å²) in [6.07, 6.45) is 78.8. The van der Waals surface area contributed by atoms with Gasteiger partial charge in [0.05, 0.1) is 33.8 Å². The smallest absolute Gasteiger partial charge is 0.306 e. The van der Waals surface area contributed by atoms with Gasteiger partial charge in [-0.1, -0.05) is 274 Å². The van der Waals surface area contributed by atoms with E-state index in [-0.39, 0.29) is 24.9 Å². The fraction of sp³-hybridized carbons (Fsp3) is 0.803. The molecule has 0 aromatic heterocycles. The van der Waals surface area contributed by atoms with Crippen LogP contribution in [0, 0.1) is 0 Å². The third-order valence-electron chi connectivity index (χ3n) is 15.1. The highest BCUT2D eigenvalue weighted by Crippen LogP contribution is 2.38. The van der Waals surface area contributed by atoms with Gasteiger partial charge < -0.3 is 28.5 Å². The van der Waals surface area contributed by atoms with Crippen molar-refractivity contribution in [2.75, 3.05) is 40.9 Å². The number of nitrogens with one attached hydrogen (secondary N) is 1. The number of hydrogen-bond acceptors (Lipinski definition) is 7. The van der Waals surface area contributed by atoms with Gasteiger partial charge in [-0.05, 0) is 102 Å². The number of ether oxygens (including phenoxy) is 1. The molecule has 0 spiro atoms. The van der Waals surface area contributed by atoms with Crippen LogP contribution in [0.25, 0.3) is 0 Å². The van der Waals surface area contributed by atoms with Gasteiger partial charge in [0.25, 0.3) is 7.82 Å². The lowest BCUT2D eigenvalue weighted by Crippen LogP contribution is -2.47. The van der Waals surface area contributed by atoms with Gasteiger partial charge in [-0.15, -0.1) is 0 Å². The maximum Gasteiger partial charge on any atom is 0.306 e. The fourth-order valence-electron chi connectivity index (χ4n) is 9.80. The largest absolute Gasteiger partial charge is 0.756 e. The molecule has 472 valence electrons. The van der Waals surface area contributed by atoms with E-state index in [1.54, 1.807) is 0 Å². The van der Waals surface area contributed by atoms with Crippen LogP contribution in [0.5, 0.6) is 0 Å². The van der Waals surface area contributed by atoms with Gasteiger partial charge in [-0.3, -0.25) is 14.2 Å². The Morgan fingerprint density at radius 3 is 1.15 bits per heavy atom. The molecule has 0 radical (unpaired) electrons. The average molecular weight is 1160 g/mol. The van der Waals surface area contributed by atoms with E-state index in [2.05, 4.69) is 86.8 Å². The monoisotopic (exact) mass is 1150 g/mol. The molecule has 0 rings (SSSR count). The second-order valence-electron chi connectivity index (χ2n) is 24.3. The molecule has 0 heterocycles. The summed E-state index contributed by atoms with van der Waals surface area (Å²) >= 11 is 0. The van der Waals surface area contributed by atoms with Crippen LogP contribution in [-0.4, -0.2) is 69.4 Å². The number of amides is 1. The number of nitrogens with zero attached hydrogens (tertiary/aromatic N) is 1. The summed E-state index contributed by atoms with van der Waals surface area (Å²) in [6, 6.07) is -0.894. The number of allylic oxidation sites excluding steroid dienone is 11. The molecule has 0 aromatic rings. The Hall–Kier alpha value is -2.55.